The molecule has 2 aromatic rings. The van der Waals surface area contributed by atoms with Crippen LogP contribution in [0.15, 0.2) is 59.7 Å². The van der Waals surface area contributed by atoms with E-state index in [-0.39, 0.29) is 17.1 Å². The molecule has 8 nitrogen and oxygen atoms in total. The topological polar surface area (TPSA) is 163 Å². The van der Waals surface area contributed by atoms with E-state index in [1.807, 2.05) is 0 Å². The molecule has 0 saturated heterocycles. The van der Waals surface area contributed by atoms with E-state index in [2.05, 4.69) is 0 Å². The van der Waals surface area contributed by atoms with Gasteiger partial charge < -0.3 is 20.4 Å². The standard InChI is InChI=1S/C10H6N2O.C10H8O5/c11-6-9(7-12)5-8-1-3-10(13)4-2-8;11-7-3-1-6(2-4-7)5-8(9(12)13)10(14)15/h1-5,13H;1-5,11H,(H,12,13)(H,14,15). The number of rotatable bonds is 4. The van der Waals surface area contributed by atoms with Gasteiger partial charge in [-0.25, -0.2) is 9.59 Å². The number of carboxylic acid groups (broad SMARTS) is 2. The Morgan fingerprint density at radius 2 is 1.07 bits per heavy atom. The molecule has 2 rings (SSSR count). The first-order valence-corrected chi connectivity index (χ1v) is 7.55. The van der Waals surface area contributed by atoms with Gasteiger partial charge in [0, 0.05) is 0 Å². The second kappa shape index (κ2) is 10.4. The van der Waals surface area contributed by atoms with Crippen molar-refractivity contribution in [2.75, 3.05) is 0 Å². The molecule has 0 heterocycles. The van der Waals surface area contributed by atoms with E-state index in [1.54, 1.807) is 24.3 Å². The summed E-state index contributed by atoms with van der Waals surface area (Å²) in [5.74, 6) is -2.82. The SMILES string of the molecule is N#CC(C#N)=Cc1ccc(O)cc1.O=C(O)C(=Cc1ccc(O)cc1)C(=O)O. The number of hydrogen-bond acceptors (Lipinski definition) is 6. The third-order valence-corrected chi connectivity index (χ3v) is 3.11. The van der Waals surface area contributed by atoms with Crippen LogP contribution in [0, 0.1) is 22.7 Å². The van der Waals surface area contributed by atoms with E-state index in [9.17, 15) is 9.59 Å². The predicted molar refractivity (Wildman–Crippen MR) is 98.7 cm³/mol. The number of nitriles is 2. The summed E-state index contributed by atoms with van der Waals surface area (Å²) >= 11 is 0. The van der Waals surface area contributed by atoms with Gasteiger partial charge in [0.2, 0.25) is 0 Å². The molecule has 0 aliphatic carbocycles. The second-order valence-electron chi connectivity index (χ2n) is 5.13. The average Bonchev–Trinajstić information content (AvgIpc) is 2.67. The molecule has 0 amide bonds. The van der Waals surface area contributed by atoms with Crippen molar-refractivity contribution in [3.63, 3.8) is 0 Å². The number of aliphatic carboxylic acids is 2. The quantitative estimate of drug-likeness (QED) is 0.273. The summed E-state index contributed by atoms with van der Waals surface area (Å²) in [6.07, 6.45) is 2.48. The van der Waals surface area contributed by atoms with Crippen LogP contribution in [0.2, 0.25) is 0 Å². The number of allylic oxidation sites excluding steroid dienone is 1. The van der Waals surface area contributed by atoms with Gasteiger partial charge in [-0.3, -0.25) is 0 Å². The molecular formula is C20H14N2O6. The lowest BCUT2D eigenvalue weighted by Crippen LogP contribution is -2.10. The molecule has 0 unspecified atom stereocenters. The molecule has 2 aromatic carbocycles. The monoisotopic (exact) mass is 378 g/mol. The molecule has 0 fully saturated rings. The third kappa shape index (κ3) is 7.13. The minimum Gasteiger partial charge on any atom is -0.508 e. The minimum absolute atomic E-state index is 0.0272. The number of phenolic OH excluding ortho intramolecular Hbond substituents is 2. The summed E-state index contributed by atoms with van der Waals surface area (Å²) in [5.41, 5.74) is 0.440. The highest BCUT2D eigenvalue weighted by Crippen LogP contribution is 2.13. The average molecular weight is 378 g/mol. The number of hydrogen-bond donors (Lipinski definition) is 4. The smallest absolute Gasteiger partial charge is 0.343 e. The summed E-state index contributed by atoms with van der Waals surface area (Å²) in [4.78, 5) is 21.0. The molecule has 4 N–H and O–H groups in total. The zero-order valence-electron chi connectivity index (χ0n) is 14.3. The Hall–Kier alpha value is -4.56. The molecule has 0 spiro atoms. The van der Waals surface area contributed by atoms with E-state index < -0.39 is 17.5 Å². The molecule has 0 aliphatic heterocycles. The number of carbonyl (C=O) groups is 2. The van der Waals surface area contributed by atoms with Gasteiger partial charge in [0.05, 0.1) is 0 Å². The number of phenols is 2. The van der Waals surface area contributed by atoms with Crippen LogP contribution >= 0.6 is 0 Å². The number of carboxylic acids is 2. The van der Waals surface area contributed by atoms with Crippen LogP contribution in [0.5, 0.6) is 11.5 Å². The van der Waals surface area contributed by atoms with Gasteiger partial charge >= 0.3 is 11.9 Å². The van der Waals surface area contributed by atoms with Crippen LogP contribution in [0.3, 0.4) is 0 Å². The Balaban J connectivity index is 0.000000283. The second-order valence-corrected chi connectivity index (χ2v) is 5.13. The summed E-state index contributed by atoms with van der Waals surface area (Å²) < 4.78 is 0. The normalized spacial score (nSPS) is 8.79. The number of benzene rings is 2. The maximum Gasteiger partial charge on any atom is 0.343 e. The van der Waals surface area contributed by atoms with Crippen molar-refractivity contribution in [2.45, 2.75) is 0 Å². The fourth-order valence-corrected chi connectivity index (χ4v) is 1.78. The first kappa shape index (κ1) is 21.5. The van der Waals surface area contributed by atoms with E-state index in [4.69, 9.17) is 30.9 Å². The van der Waals surface area contributed by atoms with Crippen molar-refractivity contribution in [3.05, 3.63) is 70.8 Å². The largest absolute Gasteiger partial charge is 0.508 e. The molecule has 28 heavy (non-hydrogen) atoms. The summed E-state index contributed by atoms with van der Waals surface area (Å²) in [7, 11) is 0. The number of nitrogens with zero attached hydrogens (tertiary/aromatic N) is 2. The maximum atomic E-state index is 10.5. The van der Waals surface area contributed by atoms with Crippen LogP contribution in [-0.4, -0.2) is 32.4 Å². The summed E-state index contributed by atoms with van der Waals surface area (Å²) in [6.45, 7) is 0. The van der Waals surface area contributed by atoms with Crippen molar-refractivity contribution in [1.29, 1.82) is 10.5 Å². The summed E-state index contributed by atoms with van der Waals surface area (Å²) in [5, 5.41) is 51.9. The Kier molecular flexibility index (Phi) is 8.01. The van der Waals surface area contributed by atoms with Gasteiger partial charge in [-0.15, -0.1) is 0 Å². The fraction of sp³-hybridized carbons (Fsp3) is 0. The van der Waals surface area contributed by atoms with E-state index in [0.717, 1.165) is 11.6 Å². The first-order chi connectivity index (χ1) is 13.3. The Bertz CT molecular complexity index is 959. The van der Waals surface area contributed by atoms with Crippen LogP contribution < -0.4 is 0 Å². The van der Waals surface area contributed by atoms with E-state index in [0.29, 0.717) is 5.56 Å². The Labute approximate surface area is 159 Å². The third-order valence-electron chi connectivity index (χ3n) is 3.11. The van der Waals surface area contributed by atoms with Crippen LogP contribution in [0.1, 0.15) is 11.1 Å². The van der Waals surface area contributed by atoms with Gasteiger partial charge in [0.25, 0.3) is 0 Å². The molecule has 0 atom stereocenters. The molecule has 0 aromatic heterocycles. The zero-order valence-corrected chi connectivity index (χ0v) is 14.3. The molecule has 0 saturated carbocycles. The summed E-state index contributed by atoms with van der Waals surface area (Å²) in [6, 6.07) is 15.3. The predicted octanol–water partition coefficient (Wildman–Crippen LogP) is 2.77. The molecule has 0 radical (unpaired) electrons. The highest BCUT2D eigenvalue weighted by atomic mass is 16.4. The fourth-order valence-electron chi connectivity index (χ4n) is 1.78. The lowest BCUT2D eigenvalue weighted by Gasteiger charge is -1.97. The molecule has 140 valence electrons. The maximum absolute atomic E-state index is 10.5. The van der Waals surface area contributed by atoms with Crippen molar-refractivity contribution >= 4 is 24.1 Å². The first-order valence-electron chi connectivity index (χ1n) is 7.55. The highest BCUT2D eigenvalue weighted by Gasteiger charge is 2.15. The van der Waals surface area contributed by atoms with Gasteiger partial charge in [-0.05, 0) is 47.5 Å². The van der Waals surface area contributed by atoms with Crippen molar-refractivity contribution < 1.29 is 30.0 Å². The van der Waals surface area contributed by atoms with Gasteiger partial charge in [-0.2, -0.15) is 10.5 Å². The minimum atomic E-state index is -1.50. The van der Waals surface area contributed by atoms with Crippen LogP contribution in [0.4, 0.5) is 0 Å². The lowest BCUT2D eigenvalue weighted by atomic mass is 10.1. The van der Waals surface area contributed by atoms with Crippen LogP contribution in [0.25, 0.3) is 12.2 Å². The van der Waals surface area contributed by atoms with Gasteiger partial charge in [0.15, 0.2) is 0 Å². The highest BCUT2D eigenvalue weighted by molar-refractivity contribution is 6.16. The van der Waals surface area contributed by atoms with Crippen molar-refractivity contribution in [1.82, 2.24) is 0 Å². The molecule has 0 bridgehead atoms. The van der Waals surface area contributed by atoms with Crippen molar-refractivity contribution in [3.8, 4) is 23.6 Å². The van der Waals surface area contributed by atoms with Crippen LogP contribution in [-0.2, 0) is 9.59 Å². The number of aromatic hydroxyl groups is 2. The van der Waals surface area contributed by atoms with E-state index >= 15 is 0 Å². The van der Waals surface area contributed by atoms with E-state index in [1.165, 1.54) is 42.5 Å². The molecule has 0 aliphatic rings. The molecule has 8 heteroatoms. The Morgan fingerprint density at radius 3 is 1.39 bits per heavy atom. The van der Waals surface area contributed by atoms with Crippen molar-refractivity contribution in [2.24, 2.45) is 0 Å². The lowest BCUT2D eigenvalue weighted by molar-refractivity contribution is -0.140. The Morgan fingerprint density at radius 1 is 0.714 bits per heavy atom. The van der Waals surface area contributed by atoms with Gasteiger partial charge in [-0.1, -0.05) is 24.3 Å². The van der Waals surface area contributed by atoms with Gasteiger partial charge in [0.1, 0.15) is 34.8 Å². The zero-order chi connectivity index (χ0) is 21.1. The molecular weight excluding hydrogens is 364 g/mol.